The molecule has 0 fully saturated rings. The Bertz CT molecular complexity index is 1320. The number of hydrogen-bond donors (Lipinski definition) is 2. The molecule has 2 atom stereocenters. The van der Waals surface area contributed by atoms with E-state index in [1.807, 2.05) is 37.4 Å². The Morgan fingerprint density at radius 3 is 2.64 bits per heavy atom. The number of thiazole rings is 1. The van der Waals surface area contributed by atoms with Gasteiger partial charge in [0.15, 0.2) is 0 Å². The summed E-state index contributed by atoms with van der Waals surface area (Å²) < 4.78 is 6.49. The fourth-order valence-electron chi connectivity index (χ4n) is 4.09. The standard InChI is InChI=1S/C27H26N2O3S/c1-4-5-21(14-26(30)31)19-6-9-23(10-7-19)32-25(15-22-16-33-18(3)29-22)24-11-8-20-12-13-28-27(20)17(24)2/h6-13,16,21,25,28H,14-15H2,1-3H3,(H,30,31). The maximum absolute atomic E-state index is 11.2. The van der Waals surface area contributed by atoms with E-state index in [9.17, 15) is 9.90 Å². The monoisotopic (exact) mass is 458 g/mol. The molecule has 0 bridgehead atoms. The van der Waals surface area contributed by atoms with Gasteiger partial charge in [0.1, 0.15) is 11.9 Å². The highest BCUT2D eigenvalue weighted by Crippen LogP contribution is 2.32. The Hall–Kier alpha value is -3.56. The molecule has 0 aliphatic heterocycles. The van der Waals surface area contributed by atoms with Crippen LogP contribution < -0.4 is 4.74 Å². The van der Waals surface area contributed by atoms with E-state index in [0.29, 0.717) is 6.42 Å². The van der Waals surface area contributed by atoms with Gasteiger partial charge in [-0.15, -0.1) is 17.3 Å². The summed E-state index contributed by atoms with van der Waals surface area (Å²) in [7, 11) is 0. The van der Waals surface area contributed by atoms with Gasteiger partial charge in [-0.05, 0) is 61.0 Å². The van der Waals surface area contributed by atoms with Crippen LogP contribution >= 0.6 is 11.3 Å². The summed E-state index contributed by atoms with van der Waals surface area (Å²) in [6.07, 6.45) is 2.37. The Morgan fingerprint density at radius 2 is 1.97 bits per heavy atom. The first-order chi connectivity index (χ1) is 15.9. The van der Waals surface area contributed by atoms with E-state index in [1.54, 1.807) is 18.3 Å². The molecule has 2 aromatic heterocycles. The van der Waals surface area contributed by atoms with Gasteiger partial charge in [-0.3, -0.25) is 4.79 Å². The van der Waals surface area contributed by atoms with Crippen molar-refractivity contribution in [3.05, 3.63) is 81.4 Å². The van der Waals surface area contributed by atoms with Crippen LogP contribution in [0.15, 0.2) is 54.0 Å². The summed E-state index contributed by atoms with van der Waals surface area (Å²) in [5.74, 6) is 5.34. The number of aromatic amines is 1. The average molecular weight is 459 g/mol. The van der Waals surface area contributed by atoms with E-state index in [4.69, 9.17) is 4.74 Å². The number of H-pyrrole nitrogens is 1. The Morgan fingerprint density at radius 1 is 1.18 bits per heavy atom. The SMILES string of the molecule is CC#CC(CC(=O)O)c1ccc(OC(Cc2csc(C)n2)c2ccc3cc[nH]c3c2C)cc1. The van der Waals surface area contributed by atoms with Crippen LogP contribution in [0.25, 0.3) is 10.9 Å². The Balaban J connectivity index is 1.64. The lowest BCUT2D eigenvalue weighted by molar-refractivity contribution is -0.137. The molecule has 2 heterocycles. The number of fused-ring (bicyclic) bond motifs is 1. The van der Waals surface area contributed by atoms with E-state index in [1.165, 1.54) is 5.39 Å². The molecule has 0 saturated carbocycles. The predicted octanol–water partition coefficient (Wildman–Crippen LogP) is 6.19. The third-order valence-electron chi connectivity index (χ3n) is 5.70. The smallest absolute Gasteiger partial charge is 0.304 e. The molecule has 0 saturated heterocycles. The van der Waals surface area contributed by atoms with Gasteiger partial charge < -0.3 is 14.8 Å². The molecule has 0 spiro atoms. The zero-order valence-corrected chi connectivity index (χ0v) is 19.7. The number of aryl methyl sites for hydroxylation is 2. The van der Waals surface area contributed by atoms with Crippen LogP contribution in [0.3, 0.4) is 0 Å². The third-order valence-corrected chi connectivity index (χ3v) is 6.52. The molecule has 5 nitrogen and oxygen atoms in total. The molecule has 2 aromatic carbocycles. The van der Waals surface area contributed by atoms with Gasteiger partial charge in [-0.2, -0.15) is 0 Å². The van der Waals surface area contributed by atoms with Crippen molar-refractivity contribution < 1.29 is 14.6 Å². The highest BCUT2D eigenvalue weighted by atomic mass is 32.1. The number of benzene rings is 2. The largest absolute Gasteiger partial charge is 0.485 e. The van der Waals surface area contributed by atoms with Crippen LogP contribution in [0.1, 0.15) is 52.8 Å². The predicted molar refractivity (Wildman–Crippen MR) is 132 cm³/mol. The van der Waals surface area contributed by atoms with Crippen molar-refractivity contribution >= 4 is 28.2 Å². The lowest BCUT2D eigenvalue weighted by Gasteiger charge is -2.22. The molecule has 168 valence electrons. The van der Waals surface area contributed by atoms with Crippen LogP contribution in [0, 0.1) is 25.7 Å². The average Bonchev–Trinajstić information content (AvgIpc) is 3.43. The molecule has 0 amide bonds. The highest BCUT2D eigenvalue weighted by molar-refractivity contribution is 7.09. The van der Waals surface area contributed by atoms with Gasteiger partial charge in [-0.25, -0.2) is 4.98 Å². The molecule has 4 rings (SSSR count). The second-order valence-electron chi connectivity index (χ2n) is 8.00. The van der Waals surface area contributed by atoms with Crippen molar-refractivity contribution in [1.29, 1.82) is 0 Å². The number of carbonyl (C=O) groups is 1. The van der Waals surface area contributed by atoms with Crippen molar-refractivity contribution in [2.75, 3.05) is 0 Å². The second kappa shape index (κ2) is 9.93. The van der Waals surface area contributed by atoms with Crippen molar-refractivity contribution in [1.82, 2.24) is 9.97 Å². The summed E-state index contributed by atoms with van der Waals surface area (Å²) in [5.41, 5.74) is 5.26. The van der Waals surface area contributed by atoms with E-state index in [-0.39, 0.29) is 18.4 Å². The number of carboxylic acid groups (broad SMARTS) is 1. The van der Waals surface area contributed by atoms with Crippen LogP contribution in [0.2, 0.25) is 0 Å². The summed E-state index contributed by atoms with van der Waals surface area (Å²) in [5, 5.41) is 13.5. The fourth-order valence-corrected chi connectivity index (χ4v) is 4.72. The summed E-state index contributed by atoms with van der Waals surface area (Å²) in [4.78, 5) is 19.2. The zero-order chi connectivity index (χ0) is 23.4. The first kappa shape index (κ1) is 22.6. The number of aliphatic carboxylic acids is 1. The van der Waals surface area contributed by atoms with Crippen molar-refractivity contribution in [2.45, 2.75) is 45.6 Å². The van der Waals surface area contributed by atoms with Gasteiger partial charge in [0.25, 0.3) is 0 Å². The molecular formula is C27H26N2O3S. The normalized spacial score (nSPS) is 12.7. The maximum atomic E-state index is 11.2. The molecule has 33 heavy (non-hydrogen) atoms. The summed E-state index contributed by atoms with van der Waals surface area (Å²) in [6, 6.07) is 13.9. The number of rotatable bonds is 8. The van der Waals surface area contributed by atoms with Crippen molar-refractivity contribution in [3.63, 3.8) is 0 Å². The molecule has 4 aromatic rings. The van der Waals surface area contributed by atoms with Crippen LogP contribution in [0.4, 0.5) is 0 Å². The van der Waals surface area contributed by atoms with Crippen LogP contribution in [0.5, 0.6) is 5.75 Å². The van der Waals surface area contributed by atoms with E-state index >= 15 is 0 Å². The topological polar surface area (TPSA) is 75.2 Å². The maximum Gasteiger partial charge on any atom is 0.304 e. The van der Waals surface area contributed by atoms with Crippen molar-refractivity contribution in [3.8, 4) is 17.6 Å². The summed E-state index contributed by atoms with van der Waals surface area (Å²) >= 11 is 1.64. The fraction of sp³-hybridized carbons (Fsp3) is 0.259. The number of carboxylic acids is 1. The van der Waals surface area contributed by atoms with Gasteiger partial charge in [0.05, 0.1) is 23.0 Å². The molecule has 0 aliphatic carbocycles. The molecule has 2 unspecified atom stereocenters. The minimum Gasteiger partial charge on any atom is -0.485 e. The first-order valence-corrected chi connectivity index (χ1v) is 11.7. The minimum absolute atomic E-state index is 0.0256. The minimum atomic E-state index is -0.864. The second-order valence-corrected chi connectivity index (χ2v) is 9.07. The lowest BCUT2D eigenvalue weighted by Crippen LogP contribution is -2.13. The van der Waals surface area contributed by atoms with Gasteiger partial charge >= 0.3 is 5.97 Å². The Labute approximate surface area is 197 Å². The van der Waals surface area contributed by atoms with Crippen LogP contribution in [-0.4, -0.2) is 21.0 Å². The third kappa shape index (κ3) is 5.27. The van der Waals surface area contributed by atoms with E-state index in [0.717, 1.165) is 38.7 Å². The van der Waals surface area contributed by atoms with Gasteiger partial charge in [0, 0.05) is 23.5 Å². The highest BCUT2D eigenvalue weighted by Gasteiger charge is 2.20. The number of hydrogen-bond acceptors (Lipinski definition) is 4. The van der Waals surface area contributed by atoms with Crippen molar-refractivity contribution in [2.24, 2.45) is 0 Å². The van der Waals surface area contributed by atoms with Gasteiger partial charge in [-0.1, -0.05) is 30.2 Å². The molecule has 0 radical (unpaired) electrons. The molecule has 0 aliphatic rings. The van der Waals surface area contributed by atoms with Crippen LogP contribution in [-0.2, 0) is 11.2 Å². The molecule has 2 N–H and O–H groups in total. The number of ether oxygens (including phenoxy) is 1. The van der Waals surface area contributed by atoms with E-state index < -0.39 is 5.97 Å². The zero-order valence-electron chi connectivity index (χ0n) is 18.9. The first-order valence-electron chi connectivity index (χ1n) is 10.8. The quantitative estimate of drug-likeness (QED) is 0.309. The van der Waals surface area contributed by atoms with E-state index in [2.05, 4.69) is 52.3 Å². The number of aromatic nitrogens is 2. The molecular weight excluding hydrogens is 432 g/mol. The van der Waals surface area contributed by atoms with Gasteiger partial charge in [0.2, 0.25) is 0 Å². The molecule has 6 heteroatoms. The number of nitrogens with zero attached hydrogens (tertiary/aromatic N) is 1. The Kier molecular flexibility index (Phi) is 6.81. The number of nitrogens with one attached hydrogen (secondary N) is 1. The summed E-state index contributed by atoms with van der Waals surface area (Å²) in [6.45, 7) is 5.84. The lowest BCUT2D eigenvalue weighted by atomic mass is 9.96.